The molecule has 0 fully saturated rings. The van der Waals surface area contributed by atoms with E-state index in [-0.39, 0.29) is 11.4 Å². The summed E-state index contributed by atoms with van der Waals surface area (Å²) in [6.45, 7) is 0. The summed E-state index contributed by atoms with van der Waals surface area (Å²) in [6.07, 6.45) is 1.46. The van der Waals surface area contributed by atoms with E-state index >= 15 is 0 Å². The molecule has 1 atom stereocenters. The third kappa shape index (κ3) is 8.63. The lowest BCUT2D eigenvalue weighted by atomic mass is 10.1. The van der Waals surface area contributed by atoms with Crippen molar-refractivity contribution in [2.75, 3.05) is 10.6 Å². The Hall–Kier alpha value is -4.89. The quantitative estimate of drug-likeness (QED) is 0.102. The van der Waals surface area contributed by atoms with Gasteiger partial charge in [-0.2, -0.15) is 0 Å². The van der Waals surface area contributed by atoms with Crippen LogP contribution in [0.3, 0.4) is 0 Å². The Labute approximate surface area is 279 Å². The molecule has 5 rings (SSSR count). The Kier molecular flexibility index (Phi) is 10.9. The molecule has 0 heterocycles. The summed E-state index contributed by atoms with van der Waals surface area (Å²) in [5.74, 6) is -2.04. The highest BCUT2D eigenvalue weighted by molar-refractivity contribution is 8.00. The molecule has 6 nitrogen and oxygen atoms in total. The second kappa shape index (κ2) is 15.4. The van der Waals surface area contributed by atoms with Crippen LogP contribution in [0.5, 0.6) is 0 Å². The van der Waals surface area contributed by atoms with E-state index in [9.17, 15) is 18.8 Å². The molecule has 0 spiro atoms. The van der Waals surface area contributed by atoms with Crippen LogP contribution in [0.2, 0.25) is 10.0 Å². The molecule has 5 aromatic carbocycles. The van der Waals surface area contributed by atoms with Crippen molar-refractivity contribution in [3.05, 3.63) is 166 Å². The van der Waals surface area contributed by atoms with Gasteiger partial charge in [-0.25, -0.2) is 4.39 Å². The summed E-state index contributed by atoms with van der Waals surface area (Å²) >= 11 is 13.7. The smallest absolute Gasteiger partial charge is 0.272 e. The Morgan fingerprint density at radius 3 is 2.15 bits per heavy atom. The number of hydrogen-bond acceptors (Lipinski definition) is 4. The van der Waals surface area contributed by atoms with Crippen molar-refractivity contribution < 1.29 is 18.8 Å². The van der Waals surface area contributed by atoms with E-state index in [1.807, 2.05) is 30.3 Å². The molecule has 3 amide bonds. The van der Waals surface area contributed by atoms with Crippen LogP contribution in [0.4, 0.5) is 15.8 Å². The molecule has 0 radical (unpaired) electrons. The number of rotatable bonds is 10. The first kappa shape index (κ1) is 32.5. The van der Waals surface area contributed by atoms with Gasteiger partial charge in [0, 0.05) is 26.2 Å². The minimum atomic E-state index is -0.737. The number of hydrogen-bond donors (Lipinski definition) is 3. The number of amides is 3. The van der Waals surface area contributed by atoms with Crippen LogP contribution in [0, 0.1) is 5.82 Å². The highest BCUT2D eigenvalue weighted by Gasteiger charge is 2.23. The molecule has 46 heavy (non-hydrogen) atoms. The average molecular weight is 671 g/mol. The first-order valence-corrected chi connectivity index (χ1v) is 15.6. The number of benzene rings is 5. The second-order valence-electron chi connectivity index (χ2n) is 9.90. The molecule has 0 bridgehead atoms. The molecule has 0 aliphatic carbocycles. The third-order valence-electron chi connectivity index (χ3n) is 6.61. The average Bonchev–Trinajstić information content (AvgIpc) is 3.06. The molecular formula is C36H26Cl2FN3O3S. The lowest BCUT2D eigenvalue weighted by molar-refractivity contribution is -0.116. The lowest BCUT2D eigenvalue weighted by Crippen LogP contribution is -2.30. The highest BCUT2D eigenvalue weighted by Crippen LogP contribution is 2.37. The summed E-state index contributed by atoms with van der Waals surface area (Å²) in [5.41, 5.74) is 1.99. The van der Waals surface area contributed by atoms with Gasteiger partial charge in [-0.3, -0.25) is 14.4 Å². The van der Waals surface area contributed by atoms with Crippen molar-refractivity contribution in [2.45, 2.75) is 10.1 Å². The van der Waals surface area contributed by atoms with Crippen LogP contribution in [-0.4, -0.2) is 17.7 Å². The molecule has 10 heteroatoms. The van der Waals surface area contributed by atoms with Crippen LogP contribution in [0.1, 0.15) is 26.7 Å². The molecular weight excluding hydrogens is 644 g/mol. The van der Waals surface area contributed by atoms with E-state index < -0.39 is 28.8 Å². The van der Waals surface area contributed by atoms with Crippen molar-refractivity contribution in [3.8, 4) is 0 Å². The van der Waals surface area contributed by atoms with Gasteiger partial charge in [0.2, 0.25) is 5.91 Å². The van der Waals surface area contributed by atoms with Crippen LogP contribution >= 0.6 is 35.0 Å². The molecule has 0 saturated carbocycles. The number of carbonyl (C=O) groups excluding carboxylic acids is 3. The van der Waals surface area contributed by atoms with Crippen molar-refractivity contribution in [1.29, 1.82) is 0 Å². The number of para-hydroxylation sites is 1. The number of anilines is 2. The topological polar surface area (TPSA) is 87.3 Å². The zero-order valence-electron chi connectivity index (χ0n) is 24.0. The Bertz CT molecular complexity index is 1910. The predicted molar refractivity (Wildman–Crippen MR) is 183 cm³/mol. The van der Waals surface area contributed by atoms with E-state index in [0.717, 1.165) is 0 Å². The Morgan fingerprint density at radius 2 is 1.43 bits per heavy atom. The minimum Gasteiger partial charge on any atom is -0.322 e. The molecule has 230 valence electrons. The molecule has 0 saturated heterocycles. The normalized spacial score (nSPS) is 11.8. The maximum atomic E-state index is 14.3. The Balaban J connectivity index is 1.39. The van der Waals surface area contributed by atoms with Crippen LogP contribution in [0.25, 0.3) is 6.08 Å². The number of halogens is 3. The summed E-state index contributed by atoms with van der Waals surface area (Å²) in [4.78, 5) is 40.7. The SMILES string of the molecule is O=C(Nc1cccc(SC(C(=O)Nc2ccccc2F)c2ccccc2)c1)/C(=C\c1ccc(Cl)cc1Cl)NC(=O)c1ccccc1. The van der Waals surface area contributed by atoms with Gasteiger partial charge >= 0.3 is 0 Å². The summed E-state index contributed by atoms with van der Waals surface area (Å²) in [5, 5.41) is 8.18. The van der Waals surface area contributed by atoms with E-state index in [0.29, 0.717) is 37.3 Å². The first-order valence-electron chi connectivity index (χ1n) is 14.0. The second-order valence-corrected chi connectivity index (χ2v) is 11.9. The lowest BCUT2D eigenvalue weighted by Gasteiger charge is -2.18. The zero-order valence-corrected chi connectivity index (χ0v) is 26.4. The summed E-state index contributed by atoms with van der Waals surface area (Å²) < 4.78 is 14.3. The number of nitrogens with one attached hydrogen (secondary N) is 3. The fourth-order valence-electron chi connectivity index (χ4n) is 4.36. The maximum absolute atomic E-state index is 14.3. The molecule has 0 aliphatic rings. The fourth-order valence-corrected chi connectivity index (χ4v) is 5.91. The van der Waals surface area contributed by atoms with E-state index in [1.165, 1.54) is 36.0 Å². The minimum absolute atomic E-state index is 0.0532. The van der Waals surface area contributed by atoms with Crippen LogP contribution < -0.4 is 16.0 Å². The molecule has 1 unspecified atom stereocenters. The largest absolute Gasteiger partial charge is 0.322 e. The standard InChI is InChI=1S/C36H26Cl2FN3O3S/c37-26-19-18-25(29(38)21-26)20-32(42-34(43)24-12-5-2-6-13-24)35(44)40-27-14-9-15-28(22-27)46-33(23-10-3-1-4-11-23)36(45)41-31-17-8-7-16-30(31)39/h1-22,33H,(H,40,44)(H,41,45)(H,42,43)/b32-20+. The van der Waals surface area contributed by atoms with Gasteiger partial charge in [-0.15, -0.1) is 11.8 Å². The molecule has 0 aromatic heterocycles. The predicted octanol–water partition coefficient (Wildman–Crippen LogP) is 9.01. The summed E-state index contributed by atoms with van der Waals surface area (Å²) in [6, 6.07) is 35.3. The zero-order chi connectivity index (χ0) is 32.5. The van der Waals surface area contributed by atoms with Crippen LogP contribution in [-0.2, 0) is 9.59 Å². The van der Waals surface area contributed by atoms with Crippen LogP contribution in [0.15, 0.2) is 138 Å². The van der Waals surface area contributed by atoms with Gasteiger partial charge in [-0.1, -0.05) is 96.0 Å². The van der Waals surface area contributed by atoms with Gasteiger partial charge < -0.3 is 16.0 Å². The molecule has 0 aliphatic heterocycles. The van der Waals surface area contributed by atoms with Gasteiger partial charge in [0.15, 0.2) is 0 Å². The van der Waals surface area contributed by atoms with E-state index in [1.54, 1.807) is 78.9 Å². The molecule has 3 N–H and O–H groups in total. The van der Waals surface area contributed by atoms with Crippen molar-refractivity contribution >= 4 is 70.1 Å². The van der Waals surface area contributed by atoms with Gasteiger partial charge in [0.05, 0.1) is 5.69 Å². The first-order chi connectivity index (χ1) is 22.3. The highest BCUT2D eigenvalue weighted by atomic mass is 35.5. The van der Waals surface area contributed by atoms with Crippen molar-refractivity contribution in [3.63, 3.8) is 0 Å². The van der Waals surface area contributed by atoms with Crippen molar-refractivity contribution in [2.24, 2.45) is 0 Å². The summed E-state index contributed by atoms with van der Waals surface area (Å²) in [7, 11) is 0. The molecule has 5 aromatic rings. The van der Waals surface area contributed by atoms with Gasteiger partial charge in [0.25, 0.3) is 11.8 Å². The van der Waals surface area contributed by atoms with E-state index in [2.05, 4.69) is 16.0 Å². The van der Waals surface area contributed by atoms with Crippen molar-refractivity contribution in [1.82, 2.24) is 5.32 Å². The number of thioether (sulfide) groups is 1. The third-order valence-corrected chi connectivity index (χ3v) is 8.42. The van der Waals surface area contributed by atoms with E-state index in [4.69, 9.17) is 23.2 Å². The fraction of sp³-hybridized carbons (Fsp3) is 0.0278. The monoisotopic (exact) mass is 669 g/mol. The van der Waals surface area contributed by atoms with Gasteiger partial charge in [0.1, 0.15) is 16.8 Å². The maximum Gasteiger partial charge on any atom is 0.272 e. The number of carbonyl (C=O) groups is 3. The van der Waals surface area contributed by atoms with Gasteiger partial charge in [-0.05, 0) is 71.8 Å². The Morgan fingerprint density at radius 1 is 0.739 bits per heavy atom.